The maximum Gasteiger partial charge on any atom is 0.208 e. The fourth-order valence-corrected chi connectivity index (χ4v) is 3.56. The zero-order valence-electron chi connectivity index (χ0n) is 11.9. The summed E-state index contributed by atoms with van der Waals surface area (Å²) < 4.78 is 17.1. The Bertz CT molecular complexity index is 1030. The summed E-state index contributed by atoms with van der Waals surface area (Å²) in [5.74, 6) is 0.0624. The lowest BCUT2D eigenvalue weighted by atomic mass is 9.95. The molecule has 2 aromatic carbocycles. The fraction of sp³-hybridized carbons (Fsp3) is 0.235. The van der Waals surface area contributed by atoms with Crippen molar-refractivity contribution in [1.82, 2.24) is 0 Å². The number of rotatable bonds is 0. The Morgan fingerprint density at radius 1 is 1.13 bits per heavy atom. The molecule has 23 heavy (non-hydrogen) atoms. The quantitative estimate of drug-likeness (QED) is 0.620. The van der Waals surface area contributed by atoms with Crippen LogP contribution in [0.1, 0.15) is 17.9 Å². The molecule has 0 amide bonds. The molecule has 2 atom stereocenters. The maximum atomic E-state index is 12.8. The van der Waals surface area contributed by atoms with Gasteiger partial charge in [0.25, 0.3) is 0 Å². The van der Waals surface area contributed by atoms with Gasteiger partial charge in [-0.1, -0.05) is 6.07 Å². The van der Waals surface area contributed by atoms with Crippen LogP contribution in [0.25, 0.3) is 21.9 Å². The van der Waals surface area contributed by atoms with Crippen molar-refractivity contribution in [2.75, 3.05) is 6.61 Å². The molecule has 3 aromatic rings. The van der Waals surface area contributed by atoms with Gasteiger partial charge in [0.15, 0.2) is 0 Å². The minimum Gasteiger partial charge on any atom is -0.507 e. The Morgan fingerprint density at radius 3 is 2.87 bits per heavy atom. The van der Waals surface area contributed by atoms with E-state index in [1.807, 2.05) is 0 Å². The molecule has 2 N–H and O–H groups in total. The van der Waals surface area contributed by atoms with Crippen molar-refractivity contribution in [3.05, 3.63) is 40.1 Å². The zero-order chi connectivity index (χ0) is 15.7. The molecule has 2 aliphatic heterocycles. The Morgan fingerprint density at radius 2 is 2.00 bits per heavy atom. The number of phenolic OH excluding ortho intramolecular Hbond substituents is 2. The smallest absolute Gasteiger partial charge is 0.208 e. The molecule has 1 aromatic heterocycles. The monoisotopic (exact) mass is 312 g/mol. The molecule has 2 aliphatic rings. The number of phenols is 2. The molecule has 0 spiro atoms. The van der Waals surface area contributed by atoms with Crippen molar-refractivity contribution in [2.24, 2.45) is 0 Å². The highest BCUT2D eigenvalue weighted by atomic mass is 16.7. The summed E-state index contributed by atoms with van der Waals surface area (Å²) in [7, 11) is 0. The van der Waals surface area contributed by atoms with Gasteiger partial charge in [0, 0.05) is 11.6 Å². The van der Waals surface area contributed by atoms with Gasteiger partial charge in [0.1, 0.15) is 39.2 Å². The standard InChI is InChI=1S/C17H12O6/c18-8-2-1-3-10-13(8)15(20)14-9(19)6-11-12(16(14)22-10)7-4-5-21-17(7)23-11/h1-3,6-7,17-19H,4-5H2. The van der Waals surface area contributed by atoms with Gasteiger partial charge in [-0.05, 0) is 18.6 Å². The van der Waals surface area contributed by atoms with Gasteiger partial charge >= 0.3 is 0 Å². The molecule has 6 heteroatoms. The molecule has 2 unspecified atom stereocenters. The van der Waals surface area contributed by atoms with E-state index in [2.05, 4.69) is 0 Å². The van der Waals surface area contributed by atoms with E-state index in [-0.39, 0.29) is 33.8 Å². The highest BCUT2D eigenvalue weighted by molar-refractivity contribution is 5.98. The Hall–Kier alpha value is -2.73. The number of hydrogen-bond acceptors (Lipinski definition) is 6. The van der Waals surface area contributed by atoms with Gasteiger partial charge in [-0.25, -0.2) is 0 Å². The van der Waals surface area contributed by atoms with Crippen LogP contribution in [0.4, 0.5) is 0 Å². The first-order valence-electron chi connectivity index (χ1n) is 7.38. The first kappa shape index (κ1) is 12.8. The number of aromatic hydroxyl groups is 2. The van der Waals surface area contributed by atoms with Crippen molar-refractivity contribution in [3.63, 3.8) is 0 Å². The molecule has 116 valence electrons. The summed E-state index contributed by atoms with van der Waals surface area (Å²) in [6.45, 7) is 0.579. The van der Waals surface area contributed by atoms with Crippen molar-refractivity contribution in [1.29, 1.82) is 0 Å². The van der Waals surface area contributed by atoms with E-state index in [9.17, 15) is 15.0 Å². The third-order valence-electron chi connectivity index (χ3n) is 4.58. The van der Waals surface area contributed by atoms with Gasteiger partial charge in [0.05, 0.1) is 12.5 Å². The molecule has 1 fully saturated rings. The van der Waals surface area contributed by atoms with E-state index in [0.29, 0.717) is 17.9 Å². The molecule has 0 saturated carbocycles. The Labute approximate surface area is 129 Å². The zero-order valence-corrected chi connectivity index (χ0v) is 11.9. The molecular weight excluding hydrogens is 300 g/mol. The normalized spacial score (nSPS) is 22.3. The number of fused-ring (bicyclic) bond motifs is 6. The van der Waals surface area contributed by atoms with Crippen LogP contribution in [-0.4, -0.2) is 23.1 Å². The first-order valence-corrected chi connectivity index (χ1v) is 7.38. The molecule has 5 rings (SSSR count). The second-order valence-corrected chi connectivity index (χ2v) is 5.85. The second-order valence-electron chi connectivity index (χ2n) is 5.85. The van der Waals surface area contributed by atoms with Crippen molar-refractivity contribution >= 4 is 21.9 Å². The molecular formula is C17H12O6. The Balaban J connectivity index is 1.98. The number of hydrogen-bond donors (Lipinski definition) is 2. The largest absolute Gasteiger partial charge is 0.507 e. The summed E-state index contributed by atoms with van der Waals surface area (Å²) in [5.41, 5.74) is 0.878. The van der Waals surface area contributed by atoms with E-state index in [0.717, 1.165) is 12.0 Å². The summed E-state index contributed by atoms with van der Waals surface area (Å²) >= 11 is 0. The highest BCUT2D eigenvalue weighted by Crippen LogP contribution is 2.49. The third-order valence-corrected chi connectivity index (χ3v) is 4.58. The van der Waals surface area contributed by atoms with Crippen LogP contribution in [0.3, 0.4) is 0 Å². The van der Waals surface area contributed by atoms with Crippen LogP contribution in [0, 0.1) is 0 Å². The van der Waals surface area contributed by atoms with Crippen LogP contribution in [0.5, 0.6) is 17.2 Å². The molecule has 3 heterocycles. The van der Waals surface area contributed by atoms with Gasteiger partial charge in [0.2, 0.25) is 11.7 Å². The van der Waals surface area contributed by atoms with Gasteiger partial charge in [-0.3, -0.25) is 4.79 Å². The third kappa shape index (κ3) is 1.53. The van der Waals surface area contributed by atoms with Gasteiger partial charge < -0.3 is 24.1 Å². The maximum absolute atomic E-state index is 12.8. The molecule has 6 nitrogen and oxygen atoms in total. The van der Waals surface area contributed by atoms with E-state index < -0.39 is 11.7 Å². The minimum atomic E-state index is -0.456. The summed E-state index contributed by atoms with van der Waals surface area (Å²) in [6.07, 6.45) is 0.361. The van der Waals surface area contributed by atoms with E-state index in [1.165, 1.54) is 12.1 Å². The van der Waals surface area contributed by atoms with E-state index in [4.69, 9.17) is 13.9 Å². The SMILES string of the molecule is O=c1c2c(O)cccc2oc2c3c(cc(O)c12)OC1OCCC31. The van der Waals surface area contributed by atoms with Crippen molar-refractivity contribution in [3.8, 4) is 17.2 Å². The van der Waals surface area contributed by atoms with Crippen LogP contribution >= 0.6 is 0 Å². The lowest BCUT2D eigenvalue weighted by molar-refractivity contribution is -0.0337. The molecule has 0 radical (unpaired) electrons. The summed E-state index contributed by atoms with van der Waals surface area (Å²) in [4.78, 5) is 12.8. The van der Waals surface area contributed by atoms with Crippen LogP contribution < -0.4 is 10.2 Å². The van der Waals surface area contributed by atoms with Crippen LogP contribution in [0.15, 0.2) is 33.5 Å². The van der Waals surface area contributed by atoms with E-state index in [1.54, 1.807) is 12.1 Å². The first-order chi connectivity index (χ1) is 11.1. The topological polar surface area (TPSA) is 89.1 Å². The average molecular weight is 312 g/mol. The van der Waals surface area contributed by atoms with E-state index >= 15 is 0 Å². The molecule has 1 saturated heterocycles. The molecule has 0 bridgehead atoms. The van der Waals surface area contributed by atoms with Gasteiger partial charge in [-0.2, -0.15) is 0 Å². The Kier molecular flexibility index (Phi) is 2.32. The lowest BCUT2D eigenvalue weighted by Gasteiger charge is -2.09. The summed E-state index contributed by atoms with van der Waals surface area (Å²) in [6, 6.07) is 6.06. The highest BCUT2D eigenvalue weighted by Gasteiger charge is 2.42. The van der Waals surface area contributed by atoms with Gasteiger partial charge in [-0.15, -0.1) is 0 Å². The van der Waals surface area contributed by atoms with Crippen LogP contribution in [0.2, 0.25) is 0 Å². The minimum absolute atomic E-state index is 0.0222. The fourth-order valence-electron chi connectivity index (χ4n) is 3.56. The lowest BCUT2D eigenvalue weighted by Crippen LogP contribution is -2.13. The number of ether oxygens (including phenoxy) is 2. The predicted molar refractivity (Wildman–Crippen MR) is 81.0 cm³/mol. The molecule has 0 aliphatic carbocycles. The summed E-state index contributed by atoms with van der Waals surface area (Å²) in [5, 5.41) is 20.4. The van der Waals surface area contributed by atoms with Crippen molar-refractivity contribution < 1.29 is 24.1 Å². The average Bonchev–Trinajstić information content (AvgIpc) is 3.07. The van der Waals surface area contributed by atoms with Crippen LogP contribution in [-0.2, 0) is 4.74 Å². The van der Waals surface area contributed by atoms with Crippen molar-refractivity contribution in [2.45, 2.75) is 18.6 Å². The predicted octanol–water partition coefficient (Wildman–Crippen LogP) is 2.58. The number of benzene rings is 2. The second kappa shape index (κ2) is 4.17.